The van der Waals surface area contributed by atoms with Gasteiger partial charge in [0.15, 0.2) is 11.6 Å². The van der Waals surface area contributed by atoms with Crippen molar-refractivity contribution in [1.29, 1.82) is 0 Å². The molecule has 0 spiro atoms. The molecule has 0 atom stereocenters. The van der Waals surface area contributed by atoms with Gasteiger partial charge in [0.1, 0.15) is 5.75 Å². The molecule has 7 nitrogen and oxygen atoms in total. The number of benzene rings is 3. The van der Waals surface area contributed by atoms with Crippen molar-refractivity contribution in [2.45, 2.75) is 25.6 Å². The van der Waals surface area contributed by atoms with Crippen LogP contribution < -0.4 is 15.4 Å². The van der Waals surface area contributed by atoms with Crippen molar-refractivity contribution in [1.82, 2.24) is 14.9 Å². The van der Waals surface area contributed by atoms with E-state index in [0.717, 1.165) is 30.9 Å². The highest BCUT2D eigenvalue weighted by molar-refractivity contribution is 6.31. The molecule has 0 unspecified atom stereocenters. The van der Waals surface area contributed by atoms with Gasteiger partial charge in [-0.1, -0.05) is 11.6 Å². The Bertz CT molecular complexity index is 1530. The second kappa shape index (κ2) is 11.0. The van der Waals surface area contributed by atoms with Gasteiger partial charge in [-0.2, -0.15) is 13.2 Å². The van der Waals surface area contributed by atoms with Gasteiger partial charge in [0.05, 0.1) is 33.5 Å². The fourth-order valence-electron chi connectivity index (χ4n) is 4.24. The molecule has 0 bridgehead atoms. The number of anilines is 2. The van der Waals surface area contributed by atoms with Crippen LogP contribution in [0.2, 0.25) is 5.02 Å². The molecule has 5 rings (SSSR count). The number of carbonyl (C=O) groups excluding carboxylic acids is 1. The van der Waals surface area contributed by atoms with Crippen LogP contribution in [-0.4, -0.2) is 34.0 Å². The second-order valence-electron chi connectivity index (χ2n) is 9.01. The van der Waals surface area contributed by atoms with E-state index in [-0.39, 0.29) is 17.1 Å². The van der Waals surface area contributed by atoms with E-state index in [1.807, 2.05) is 0 Å². The molecule has 1 aromatic heterocycles. The average Bonchev–Trinajstić information content (AvgIpc) is 3.39. The van der Waals surface area contributed by atoms with Crippen LogP contribution in [0.4, 0.5) is 33.7 Å². The zero-order valence-corrected chi connectivity index (χ0v) is 21.1. The summed E-state index contributed by atoms with van der Waals surface area (Å²) in [5, 5.41) is 4.15. The average molecular weight is 560 g/mol. The number of carbonyl (C=O) groups is 1. The van der Waals surface area contributed by atoms with Crippen LogP contribution in [0.15, 0.2) is 60.8 Å². The van der Waals surface area contributed by atoms with Gasteiger partial charge >= 0.3 is 12.2 Å². The third kappa shape index (κ3) is 6.55. The fraction of sp³-hybridized carbons (Fsp3) is 0.222. The maximum Gasteiger partial charge on any atom is 0.417 e. The summed E-state index contributed by atoms with van der Waals surface area (Å²) in [7, 11) is 0. The van der Waals surface area contributed by atoms with Crippen LogP contribution in [0.3, 0.4) is 0 Å². The number of hydrogen-bond acceptors (Lipinski definition) is 5. The minimum Gasteiger partial charge on any atom is -0.454 e. The molecule has 12 heteroatoms. The number of aromatic nitrogens is 2. The lowest BCUT2D eigenvalue weighted by Gasteiger charge is -2.14. The second-order valence-corrected chi connectivity index (χ2v) is 9.42. The van der Waals surface area contributed by atoms with E-state index in [9.17, 15) is 22.4 Å². The van der Waals surface area contributed by atoms with Gasteiger partial charge in [0.2, 0.25) is 0 Å². The Labute approximate surface area is 225 Å². The van der Waals surface area contributed by atoms with Crippen LogP contribution in [-0.2, 0) is 12.7 Å². The highest BCUT2D eigenvalue weighted by Gasteiger charge is 2.33. The van der Waals surface area contributed by atoms with E-state index >= 15 is 0 Å². The van der Waals surface area contributed by atoms with E-state index in [2.05, 4.69) is 25.5 Å². The predicted molar refractivity (Wildman–Crippen MR) is 140 cm³/mol. The first-order valence-corrected chi connectivity index (χ1v) is 12.4. The molecule has 1 aliphatic rings. The third-order valence-electron chi connectivity index (χ3n) is 6.10. The van der Waals surface area contributed by atoms with E-state index in [1.165, 1.54) is 31.0 Å². The van der Waals surface area contributed by atoms with E-state index in [1.54, 1.807) is 24.4 Å². The number of urea groups is 1. The number of alkyl halides is 3. The van der Waals surface area contributed by atoms with Crippen LogP contribution in [0.5, 0.6) is 11.5 Å². The number of halogens is 5. The van der Waals surface area contributed by atoms with Gasteiger partial charge in [-0.15, -0.1) is 0 Å². The molecule has 2 amide bonds. The molecule has 4 aromatic rings. The minimum atomic E-state index is -4.68. The summed E-state index contributed by atoms with van der Waals surface area (Å²) in [6, 6.07) is 10.9. The molecule has 1 aliphatic heterocycles. The Morgan fingerprint density at radius 3 is 2.41 bits per heavy atom. The highest BCUT2D eigenvalue weighted by Crippen LogP contribution is 2.36. The van der Waals surface area contributed by atoms with Gasteiger partial charge in [0, 0.05) is 30.1 Å². The Morgan fingerprint density at radius 2 is 1.69 bits per heavy atom. The van der Waals surface area contributed by atoms with Crippen LogP contribution >= 0.6 is 11.6 Å². The summed E-state index contributed by atoms with van der Waals surface area (Å²) in [5.41, 5.74) is 0.995. The SMILES string of the molecule is O=C(Nc1ccc(Oc2ccc3ncc(CN4CCCC4)nc3c2)c(F)c1)Nc1ccc(Cl)c(C(F)(F)F)c1. The van der Waals surface area contributed by atoms with Gasteiger partial charge in [-0.05, 0) is 68.4 Å². The summed E-state index contributed by atoms with van der Waals surface area (Å²) >= 11 is 5.59. The van der Waals surface area contributed by atoms with Crippen molar-refractivity contribution >= 4 is 40.0 Å². The van der Waals surface area contributed by atoms with Crippen molar-refractivity contribution in [3.05, 3.63) is 82.9 Å². The first-order chi connectivity index (χ1) is 18.6. The number of nitrogens with zero attached hydrogens (tertiary/aromatic N) is 3. The molecule has 1 fully saturated rings. The Kier molecular flexibility index (Phi) is 7.53. The van der Waals surface area contributed by atoms with Gasteiger partial charge in [-0.3, -0.25) is 9.88 Å². The normalized spacial score (nSPS) is 14.0. The van der Waals surface area contributed by atoms with Crippen LogP contribution in [0.1, 0.15) is 24.1 Å². The lowest BCUT2D eigenvalue weighted by atomic mass is 10.2. The Hall–Kier alpha value is -3.96. The molecule has 0 saturated carbocycles. The molecule has 0 aliphatic carbocycles. The Morgan fingerprint density at radius 1 is 0.974 bits per heavy atom. The molecule has 0 radical (unpaired) electrons. The standard InChI is InChI=1S/C27H22ClF4N5O2/c28-21-6-3-16(11-20(21)27(30,31)32)35-26(38)36-17-4-8-25(22(29)12-17)39-19-5-7-23-24(13-19)34-18(14-33-23)15-37-9-1-2-10-37/h3-8,11-14H,1-2,9-10,15H2,(H2,35,36,38). The fourth-order valence-corrected chi connectivity index (χ4v) is 4.47. The summed E-state index contributed by atoms with van der Waals surface area (Å²) in [4.78, 5) is 23.7. The van der Waals surface area contributed by atoms with Crippen molar-refractivity contribution < 1.29 is 27.1 Å². The smallest absolute Gasteiger partial charge is 0.417 e. The first kappa shape index (κ1) is 26.6. The molecular formula is C27H22ClF4N5O2. The summed E-state index contributed by atoms with van der Waals surface area (Å²) in [5.74, 6) is -0.489. The number of nitrogens with one attached hydrogen (secondary N) is 2. The molecule has 2 N–H and O–H groups in total. The number of likely N-dealkylation sites (tertiary alicyclic amines) is 1. The minimum absolute atomic E-state index is 0.0679. The lowest BCUT2D eigenvalue weighted by molar-refractivity contribution is -0.137. The zero-order valence-electron chi connectivity index (χ0n) is 20.4. The topological polar surface area (TPSA) is 79.4 Å². The summed E-state index contributed by atoms with van der Waals surface area (Å²) in [6.45, 7) is 2.79. The van der Waals surface area contributed by atoms with Crippen LogP contribution in [0.25, 0.3) is 11.0 Å². The third-order valence-corrected chi connectivity index (χ3v) is 6.42. The van der Waals surface area contributed by atoms with Gasteiger partial charge < -0.3 is 15.4 Å². The molecule has 2 heterocycles. The molecule has 1 saturated heterocycles. The molecular weight excluding hydrogens is 538 g/mol. The molecule has 3 aromatic carbocycles. The largest absolute Gasteiger partial charge is 0.454 e. The highest BCUT2D eigenvalue weighted by atomic mass is 35.5. The quantitative estimate of drug-likeness (QED) is 0.240. The van der Waals surface area contributed by atoms with Gasteiger partial charge in [0.25, 0.3) is 0 Å². The lowest BCUT2D eigenvalue weighted by Crippen LogP contribution is -2.20. The van der Waals surface area contributed by atoms with E-state index in [4.69, 9.17) is 16.3 Å². The van der Waals surface area contributed by atoms with Crippen molar-refractivity contribution in [2.24, 2.45) is 0 Å². The van der Waals surface area contributed by atoms with Crippen LogP contribution in [0, 0.1) is 5.82 Å². The van der Waals surface area contributed by atoms with E-state index in [0.29, 0.717) is 29.4 Å². The van der Waals surface area contributed by atoms with E-state index < -0.39 is 28.6 Å². The van der Waals surface area contributed by atoms with Crippen molar-refractivity contribution in [3.8, 4) is 11.5 Å². The maximum absolute atomic E-state index is 14.8. The number of amides is 2. The predicted octanol–water partition coefficient (Wildman–Crippen LogP) is 7.47. The number of fused-ring (bicyclic) bond motifs is 1. The first-order valence-electron chi connectivity index (χ1n) is 12.0. The number of rotatable bonds is 6. The molecule has 39 heavy (non-hydrogen) atoms. The summed E-state index contributed by atoms with van der Waals surface area (Å²) < 4.78 is 59.6. The number of ether oxygens (including phenoxy) is 1. The monoisotopic (exact) mass is 559 g/mol. The summed E-state index contributed by atoms with van der Waals surface area (Å²) in [6.07, 6.45) is -0.577. The van der Waals surface area contributed by atoms with Crippen molar-refractivity contribution in [3.63, 3.8) is 0 Å². The molecule has 202 valence electrons. The van der Waals surface area contributed by atoms with Gasteiger partial charge in [-0.25, -0.2) is 14.2 Å². The van der Waals surface area contributed by atoms with Crippen molar-refractivity contribution in [2.75, 3.05) is 23.7 Å². The Balaban J connectivity index is 1.24. The number of hydrogen-bond donors (Lipinski definition) is 2. The maximum atomic E-state index is 14.8. The zero-order chi connectivity index (χ0) is 27.6.